The molecule has 1 N–H and O–H groups in total. The van der Waals surface area contributed by atoms with Crippen LogP contribution >= 0.6 is 11.3 Å². The maximum absolute atomic E-state index is 12.1. The highest BCUT2D eigenvalue weighted by Gasteiger charge is 2.24. The van der Waals surface area contributed by atoms with Gasteiger partial charge in [0, 0.05) is 25.6 Å². The van der Waals surface area contributed by atoms with Crippen LogP contribution in [-0.4, -0.2) is 46.9 Å². The molecule has 3 aromatic rings. The minimum absolute atomic E-state index is 0.165. The summed E-state index contributed by atoms with van der Waals surface area (Å²) in [5.74, 6) is 1.38. The summed E-state index contributed by atoms with van der Waals surface area (Å²) in [5, 5.41) is 8.90. The van der Waals surface area contributed by atoms with Crippen LogP contribution in [0.5, 0.6) is 5.75 Å². The monoisotopic (exact) mass is 427 g/mol. The van der Waals surface area contributed by atoms with Gasteiger partial charge in [-0.25, -0.2) is 4.68 Å². The van der Waals surface area contributed by atoms with Crippen molar-refractivity contribution in [2.45, 2.75) is 46.1 Å². The lowest BCUT2D eigenvalue weighted by Crippen LogP contribution is -2.44. The number of nitrogens with zero attached hydrogens (tertiary/aromatic N) is 4. The molecule has 3 heterocycles. The molecule has 0 spiro atoms. The van der Waals surface area contributed by atoms with E-state index in [1.807, 2.05) is 35.9 Å². The molecule has 1 saturated heterocycles. The number of anilines is 1. The lowest BCUT2D eigenvalue weighted by molar-refractivity contribution is -0.122. The second-order valence-corrected chi connectivity index (χ2v) is 9.25. The number of amides is 1. The highest BCUT2D eigenvalue weighted by molar-refractivity contribution is 7.22. The van der Waals surface area contributed by atoms with Crippen LogP contribution in [0.25, 0.3) is 16.0 Å². The van der Waals surface area contributed by atoms with Crippen molar-refractivity contribution in [1.29, 1.82) is 0 Å². The molecule has 0 radical (unpaired) electrons. The van der Waals surface area contributed by atoms with Gasteiger partial charge in [0.25, 0.3) is 0 Å². The van der Waals surface area contributed by atoms with Crippen LogP contribution in [0.1, 0.15) is 38.8 Å². The molecule has 0 unspecified atom stereocenters. The summed E-state index contributed by atoms with van der Waals surface area (Å²) in [6.07, 6.45) is 2.49. The molecule has 160 valence electrons. The molecule has 1 amide bonds. The van der Waals surface area contributed by atoms with E-state index in [9.17, 15) is 4.79 Å². The summed E-state index contributed by atoms with van der Waals surface area (Å²) in [4.78, 5) is 19.3. The van der Waals surface area contributed by atoms with Crippen LogP contribution in [0, 0.1) is 12.8 Å². The van der Waals surface area contributed by atoms with Crippen molar-refractivity contribution in [3.05, 3.63) is 30.0 Å². The van der Waals surface area contributed by atoms with Gasteiger partial charge in [-0.15, -0.1) is 0 Å². The van der Waals surface area contributed by atoms with Crippen LogP contribution in [0.3, 0.4) is 0 Å². The van der Waals surface area contributed by atoms with E-state index in [4.69, 9.17) is 9.72 Å². The summed E-state index contributed by atoms with van der Waals surface area (Å²) in [5.41, 5.74) is 2.85. The molecule has 0 aliphatic carbocycles. The SMILES string of the molecule is COc1ccc(-n2nc(C)c3sc(N4CCC(NC(=O)CC(C)C)CC4)nc32)cc1. The number of carbonyl (C=O) groups excluding carboxylic acids is 1. The molecule has 1 aliphatic rings. The molecule has 4 rings (SSSR count). The minimum Gasteiger partial charge on any atom is -0.497 e. The van der Waals surface area contributed by atoms with Gasteiger partial charge in [0.2, 0.25) is 5.91 Å². The van der Waals surface area contributed by atoms with Crippen LogP contribution in [0.4, 0.5) is 5.13 Å². The summed E-state index contributed by atoms with van der Waals surface area (Å²) in [6.45, 7) is 7.98. The van der Waals surface area contributed by atoms with Gasteiger partial charge in [0.05, 0.1) is 23.2 Å². The van der Waals surface area contributed by atoms with Gasteiger partial charge < -0.3 is 15.0 Å². The molecular weight excluding hydrogens is 398 g/mol. The van der Waals surface area contributed by atoms with Crippen molar-refractivity contribution in [1.82, 2.24) is 20.1 Å². The summed E-state index contributed by atoms with van der Waals surface area (Å²) < 4.78 is 8.28. The van der Waals surface area contributed by atoms with E-state index < -0.39 is 0 Å². The van der Waals surface area contributed by atoms with Crippen molar-refractivity contribution >= 4 is 32.7 Å². The summed E-state index contributed by atoms with van der Waals surface area (Å²) in [7, 11) is 1.66. The van der Waals surface area contributed by atoms with E-state index >= 15 is 0 Å². The van der Waals surface area contributed by atoms with Crippen LogP contribution in [0.15, 0.2) is 24.3 Å². The number of aromatic nitrogens is 3. The second kappa shape index (κ2) is 8.63. The number of hydrogen-bond acceptors (Lipinski definition) is 6. The number of fused-ring (bicyclic) bond motifs is 1. The Morgan fingerprint density at radius 3 is 2.60 bits per heavy atom. The molecule has 1 fully saturated rings. The van der Waals surface area contributed by atoms with Gasteiger partial charge in [0.15, 0.2) is 10.8 Å². The Morgan fingerprint density at radius 1 is 1.27 bits per heavy atom. The van der Waals surface area contributed by atoms with Crippen LogP contribution < -0.4 is 15.0 Å². The first-order chi connectivity index (χ1) is 14.4. The number of hydrogen-bond donors (Lipinski definition) is 1. The maximum atomic E-state index is 12.1. The molecule has 2 aromatic heterocycles. The highest BCUT2D eigenvalue weighted by atomic mass is 32.1. The van der Waals surface area contributed by atoms with Gasteiger partial charge >= 0.3 is 0 Å². The van der Waals surface area contributed by atoms with Gasteiger partial charge in [0.1, 0.15) is 5.75 Å². The van der Waals surface area contributed by atoms with Gasteiger partial charge in [-0.1, -0.05) is 25.2 Å². The largest absolute Gasteiger partial charge is 0.497 e. The average Bonchev–Trinajstić information content (AvgIpc) is 3.29. The number of ether oxygens (including phenoxy) is 1. The third-order valence-electron chi connectivity index (χ3n) is 5.42. The number of benzene rings is 1. The smallest absolute Gasteiger partial charge is 0.220 e. The van der Waals surface area contributed by atoms with E-state index in [0.29, 0.717) is 12.3 Å². The van der Waals surface area contributed by atoms with Crippen molar-refractivity contribution in [2.24, 2.45) is 5.92 Å². The topological polar surface area (TPSA) is 72.3 Å². The molecule has 0 bridgehead atoms. The first kappa shape index (κ1) is 20.7. The van der Waals surface area contributed by atoms with Crippen molar-refractivity contribution < 1.29 is 9.53 Å². The normalized spacial score (nSPS) is 15.2. The number of methoxy groups -OCH3 is 1. The quantitative estimate of drug-likeness (QED) is 0.645. The molecule has 1 aromatic carbocycles. The second-order valence-electron chi connectivity index (χ2n) is 8.27. The minimum atomic E-state index is 0.165. The Bertz CT molecular complexity index is 1020. The van der Waals surface area contributed by atoms with E-state index in [1.54, 1.807) is 18.4 Å². The van der Waals surface area contributed by atoms with Crippen LogP contribution in [0.2, 0.25) is 0 Å². The fourth-order valence-corrected chi connectivity index (χ4v) is 4.87. The molecule has 1 aliphatic heterocycles. The van der Waals surface area contributed by atoms with Gasteiger partial charge in [-0.2, -0.15) is 10.1 Å². The molecule has 30 heavy (non-hydrogen) atoms. The average molecular weight is 428 g/mol. The maximum Gasteiger partial charge on any atom is 0.220 e. The first-order valence-corrected chi connectivity index (χ1v) is 11.3. The Kier molecular flexibility index (Phi) is 5.94. The zero-order valence-electron chi connectivity index (χ0n) is 18.0. The molecule has 0 atom stereocenters. The summed E-state index contributed by atoms with van der Waals surface area (Å²) >= 11 is 1.70. The first-order valence-electron chi connectivity index (χ1n) is 10.5. The Morgan fingerprint density at radius 2 is 1.97 bits per heavy atom. The number of aryl methyl sites for hydroxylation is 1. The number of carbonyl (C=O) groups is 1. The van der Waals surface area contributed by atoms with E-state index in [-0.39, 0.29) is 11.9 Å². The number of nitrogens with one attached hydrogen (secondary N) is 1. The zero-order chi connectivity index (χ0) is 21.3. The van der Waals surface area contributed by atoms with Crippen LogP contribution in [-0.2, 0) is 4.79 Å². The van der Waals surface area contributed by atoms with Gasteiger partial charge in [-0.05, 0) is 49.9 Å². The standard InChI is InChI=1S/C22H29N5O2S/c1-14(2)13-19(28)23-16-9-11-26(12-10-16)22-24-21-20(30-22)15(3)25-27(21)17-5-7-18(29-4)8-6-17/h5-8,14,16H,9-13H2,1-4H3,(H,23,28). The predicted octanol–water partition coefficient (Wildman–Crippen LogP) is 3.93. The molecular formula is C22H29N5O2S. The third-order valence-corrected chi connectivity index (χ3v) is 6.63. The Balaban J connectivity index is 1.47. The lowest BCUT2D eigenvalue weighted by Gasteiger charge is -2.32. The van der Waals surface area contributed by atoms with Crippen molar-refractivity contribution in [2.75, 3.05) is 25.1 Å². The summed E-state index contributed by atoms with van der Waals surface area (Å²) in [6, 6.07) is 8.12. The Hall–Kier alpha value is -2.61. The Labute approximate surface area is 181 Å². The number of piperidine rings is 1. The highest BCUT2D eigenvalue weighted by Crippen LogP contribution is 2.34. The van der Waals surface area contributed by atoms with E-state index in [2.05, 4.69) is 29.2 Å². The van der Waals surface area contributed by atoms with Crippen molar-refractivity contribution in [3.8, 4) is 11.4 Å². The predicted molar refractivity (Wildman–Crippen MR) is 121 cm³/mol. The number of thiazole rings is 1. The van der Waals surface area contributed by atoms with Crippen molar-refractivity contribution in [3.63, 3.8) is 0 Å². The van der Waals surface area contributed by atoms with E-state index in [1.165, 1.54) is 0 Å². The fourth-order valence-electron chi connectivity index (χ4n) is 3.83. The number of rotatable bonds is 6. The third kappa shape index (κ3) is 4.28. The van der Waals surface area contributed by atoms with E-state index in [0.717, 1.165) is 58.5 Å². The van der Waals surface area contributed by atoms with Gasteiger partial charge in [-0.3, -0.25) is 4.79 Å². The molecule has 7 nitrogen and oxygen atoms in total. The molecule has 8 heteroatoms. The zero-order valence-corrected chi connectivity index (χ0v) is 18.8. The fraction of sp³-hybridized carbons (Fsp3) is 0.500. The molecule has 0 saturated carbocycles. The lowest BCUT2D eigenvalue weighted by atomic mass is 10.0.